The Labute approximate surface area is 164 Å². The highest BCUT2D eigenvalue weighted by Gasteiger charge is 2.10. The fraction of sp³-hybridized carbons (Fsp3) is 0.565. The maximum Gasteiger partial charge on any atom is 0.306 e. The molecule has 0 aliphatic heterocycles. The molecule has 0 heterocycles. The van der Waals surface area contributed by atoms with E-state index < -0.39 is 6.10 Å². The second kappa shape index (κ2) is 16.2. The van der Waals surface area contributed by atoms with Crippen molar-refractivity contribution in [3.63, 3.8) is 0 Å². The number of carbonyl (C=O) groups excluding carboxylic acids is 2. The molecule has 0 rings (SSSR count). The van der Waals surface area contributed by atoms with Crippen LogP contribution < -0.4 is 0 Å². The lowest BCUT2D eigenvalue weighted by atomic mass is 9.93. The smallest absolute Gasteiger partial charge is 0.306 e. The molecule has 0 saturated carbocycles. The molecule has 4 heteroatoms. The van der Waals surface area contributed by atoms with Gasteiger partial charge in [0.25, 0.3) is 0 Å². The third-order valence-electron chi connectivity index (χ3n) is 3.99. The van der Waals surface area contributed by atoms with E-state index in [1.54, 1.807) is 6.08 Å². The minimum Gasteiger partial charge on any atom is -0.463 e. The fourth-order valence-electron chi connectivity index (χ4n) is 2.59. The second-order valence-corrected chi connectivity index (χ2v) is 6.85. The average molecular weight is 377 g/mol. The highest BCUT2D eigenvalue weighted by molar-refractivity contribution is 5.74. The largest absolute Gasteiger partial charge is 0.463 e. The van der Waals surface area contributed by atoms with Gasteiger partial charge in [-0.2, -0.15) is 0 Å². The molecule has 0 aromatic carbocycles. The van der Waals surface area contributed by atoms with E-state index in [1.165, 1.54) is 0 Å². The third kappa shape index (κ3) is 13.9. The van der Waals surface area contributed by atoms with Crippen molar-refractivity contribution in [2.75, 3.05) is 0 Å². The van der Waals surface area contributed by atoms with Gasteiger partial charge in [0.15, 0.2) is 0 Å². The molecule has 2 atom stereocenters. The Kier molecular flexibility index (Phi) is 15.1. The van der Waals surface area contributed by atoms with Gasteiger partial charge in [0, 0.05) is 12.3 Å². The molecule has 0 fully saturated rings. The van der Waals surface area contributed by atoms with Crippen LogP contribution in [0.4, 0.5) is 0 Å². The molecule has 0 radical (unpaired) electrons. The Morgan fingerprint density at radius 2 is 1.93 bits per heavy atom. The number of aliphatic hydroxyl groups is 1. The molecule has 27 heavy (non-hydrogen) atoms. The molecule has 0 bridgehead atoms. The van der Waals surface area contributed by atoms with Gasteiger partial charge < -0.3 is 9.84 Å². The van der Waals surface area contributed by atoms with E-state index in [1.807, 2.05) is 51.2 Å². The van der Waals surface area contributed by atoms with Gasteiger partial charge in [0.05, 0.1) is 12.2 Å². The normalized spacial score (nSPS) is 14.6. The van der Waals surface area contributed by atoms with Crippen LogP contribution in [-0.4, -0.2) is 29.6 Å². The predicted molar refractivity (Wildman–Crippen MR) is 111 cm³/mol. The van der Waals surface area contributed by atoms with E-state index >= 15 is 0 Å². The van der Waals surface area contributed by atoms with Crippen LogP contribution in [0, 0.1) is 5.92 Å². The first-order valence-corrected chi connectivity index (χ1v) is 9.86. The minimum absolute atomic E-state index is 0.00117. The van der Waals surface area contributed by atoms with Crippen LogP contribution in [0.25, 0.3) is 0 Å². The van der Waals surface area contributed by atoms with Gasteiger partial charge in [-0.25, -0.2) is 0 Å². The van der Waals surface area contributed by atoms with Crippen molar-refractivity contribution in [3.8, 4) is 0 Å². The molecule has 0 saturated heterocycles. The highest BCUT2D eigenvalue weighted by Crippen LogP contribution is 2.18. The molecule has 152 valence electrons. The Morgan fingerprint density at radius 3 is 2.52 bits per heavy atom. The Morgan fingerprint density at radius 1 is 1.19 bits per heavy atom. The van der Waals surface area contributed by atoms with Crippen LogP contribution in [-0.2, 0) is 14.3 Å². The van der Waals surface area contributed by atoms with Crippen molar-refractivity contribution >= 4 is 12.3 Å². The monoisotopic (exact) mass is 376 g/mol. The van der Waals surface area contributed by atoms with Gasteiger partial charge >= 0.3 is 5.97 Å². The van der Waals surface area contributed by atoms with Crippen LogP contribution in [0.3, 0.4) is 0 Å². The van der Waals surface area contributed by atoms with Gasteiger partial charge in [-0.15, -0.1) is 6.58 Å². The lowest BCUT2D eigenvalue weighted by Crippen LogP contribution is -2.10. The summed E-state index contributed by atoms with van der Waals surface area (Å²) in [6, 6.07) is 0. The number of allylic oxidation sites excluding steroid dienone is 6. The zero-order chi connectivity index (χ0) is 20.5. The fourth-order valence-corrected chi connectivity index (χ4v) is 2.59. The van der Waals surface area contributed by atoms with Crippen LogP contribution in [0.15, 0.2) is 48.6 Å². The summed E-state index contributed by atoms with van der Waals surface area (Å²) in [4.78, 5) is 22.9. The highest BCUT2D eigenvalue weighted by atomic mass is 16.5. The zero-order valence-electron chi connectivity index (χ0n) is 17.1. The molecule has 1 N–H and O–H groups in total. The maximum atomic E-state index is 11.5. The number of carbonyl (C=O) groups is 2. The minimum atomic E-state index is -0.453. The van der Waals surface area contributed by atoms with E-state index in [4.69, 9.17) is 4.74 Å². The molecule has 0 aliphatic rings. The summed E-state index contributed by atoms with van der Waals surface area (Å²) in [6.07, 6.45) is 16.6. The SMILES string of the molecule is C=CCCC(O)C/C=C(/C=O)C(/C=C\C)C/C=C\CCCC(=O)OC(C)C. The number of aldehydes is 1. The summed E-state index contributed by atoms with van der Waals surface area (Å²) in [5.74, 6) is -0.160. The summed E-state index contributed by atoms with van der Waals surface area (Å²) in [7, 11) is 0. The van der Waals surface area contributed by atoms with Crippen molar-refractivity contribution < 1.29 is 19.4 Å². The summed E-state index contributed by atoms with van der Waals surface area (Å²) in [5, 5.41) is 9.93. The first-order valence-electron chi connectivity index (χ1n) is 9.86. The number of aliphatic hydroxyl groups excluding tert-OH is 1. The van der Waals surface area contributed by atoms with Crippen molar-refractivity contribution in [2.24, 2.45) is 5.92 Å². The molecule has 0 aliphatic carbocycles. The molecule has 0 aromatic rings. The number of esters is 1. The maximum absolute atomic E-state index is 11.5. The molecular weight excluding hydrogens is 340 g/mol. The predicted octanol–water partition coefficient (Wildman–Crippen LogP) is 5.09. The number of ether oxygens (including phenoxy) is 1. The first-order chi connectivity index (χ1) is 12.9. The van der Waals surface area contributed by atoms with Gasteiger partial charge in [-0.1, -0.05) is 36.5 Å². The number of hydrogen-bond donors (Lipinski definition) is 1. The summed E-state index contributed by atoms with van der Waals surface area (Å²) >= 11 is 0. The summed E-state index contributed by atoms with van der Waals surface area (Å²) < 4.78 is 5.10. The van der Waals surface area contributed by atoms with Gasteiger partial charge in [-0.3, -0.25) is 9.59 Å². The molecule has 0 amide bonds. The standard InChI is InChI=1S/C23H36O4/c1-5-7-14-22(25)17-16-21(18-24)20(12-6-2)13-10-8-9-11-15-23(26)27-19(3)4/h5-6,8,10,12,16,18-20,22,25H,1,7,9,11,13-15,17H2,2-4H3/b10-8-,12-6-,21-16-. The van der Waals surface area contributed by atoms with Crippen LogP contribution in [0.1, 0.15) is 65.7 Å². The van der Waals surface area contributed by atoms with Gasteiger partial charge in [0.1, 0.15) is 6.29 Å². The lowest BCUT2D eigenvalue weighted by molar-refractivity contribution is -0.147. The number of hydrogen-bond acceptors (Lipinski definition) is 4. The second-order valence-electron chi connectivity index (χ2n) is 6.85. The number of unbranched alkanes of at least 4 members (excludes halogenated alkanes) is 1. The van der Waals surface area contributed by atoms with Crippen molar-refractivity contribution in [1.29, 1.82) is 0 Å². The summed E-state index contributed by atoms with van der Waals surface area (Å²) in [6.45, 7) is 9.26. The van der Waals surface area contributed by atoms with E-state index in [0.29, 0.717) is 31.3 Å². The molecule has 0 aromatic heterocycles. The van der Waals surface area contributed by atoms with E-state index in [-0.39, 0.29) is 18.0 Å². The van der Waals surface area contributed by atoms with Crippen LogP contribution in [0.2, 0.25) is 0 Å². The lowest BCUT2D eigenvalue weighted by Gasteiger charge is -2.12. The van der Waals surface area contributed by atoms with E-state index in [0.717, 1.165) is 25.5 Å². The van der Waals surface area contributed by atoms with Crippen LogP contribution >= 0.6 is 0 Å². The molecule has 0 spiro atoms. The van der Waals surface area contributed by atoms with E-state index in [2.05, 4.69) is 6.58 Å². The van der Waals surface area contributed by atoms with E-state index in [9.17, 15) is 14.7 Å². The van der Waals surface area contributed by atoms with Crippen LogP contribution in [0.5, 0.6) is 0 Å². The average Bonchev–Trinajstić information content (AvgIpc) is 2.62. The Hall–Kier alpha value is -1.94. The van der Waals surface area contributed by atoms with Crippen molar-refractivity contribution in [2.45, 2.75) is 77.9 Å². The third-order valence-corrected chi connectivity index (χ3v) is 3.99. The molecular formula is C23H36O4. The summed E-state index contributed by atoms with van der Waals surface area (Å²) in [5.41, 5.74) is 0.691. The van der Waals surface area contributed by atoms with Crippen molar-refractivity contribution in [1.82, 2.24) is 0 Å². The molecule has 4 nitrogen and oxygen atoms in total. The topological polar surface area (TPSA) is 63.6 Å². The Balaban J connectivity index is 4.48. The number of rotatable bonds is 15. The molecule has 2 unspecified atom stereocenters. The van der Waals surface area contributed by atoms with Crippen molar-refractivity contribution in [3.05, 3.63) is 48.6 Å². The quantitative estimate of drug-likeness (QED) is 0.142. The van der Waals surface area contributed by atoms with Gasteiger partial charge in [-0.05, 0) is 64.9 Å². The van der Waals surface area contributed by atoms with Gasteiger partial charge in [0.2, 0.25) is 0 Å². The Bertz CT molecular complexity index is 514. The first kappa shape index (κ1) is 25.1. The zero-order valence-corrected chi connectivity index (χ0v) is 17.1.